The number of aryl methyl sites for hydroxylation is 1. The number of nitro groups is 1. The summed E-state index contributed by atoms with van der Waals surface area (Å²) in [5.74, 6) is 0.452. The van der Waals surface area contributed by atoms with Crippen LogP contribution in [0.4, 0.5) is 17.2 Å². The quantitative estimate of drug-likeness (QED) is 0.523. The molecule has 2 rings (SSSR count). The number of benzene rings is 1. The Morgan fingerprint density at radius 2 is 1.94 bits per heavy atom. The second-order valence-corrected chi connectivity index (χ2v) is 3.86. The molecule has 7 heteroatoms. The van der Waals surface area contributed by atoms with Crippen LogP contribution in [-0.4, -0.2) is 14.9 Å². The molecule has 0 aliphatic carbocycles. The summed E-state index contributed by atoms with van der Waals surface area (Å²) in [6, 6.07) is 9.01. The number of nitrogens with zero attached hydrogens (tertiary/aromatic N) is 3. The second kappa shape index (κ2) is 4.97. The van der Waals surface area contributed by atoms with E-state index in [4.69, 9.17) is 11.6 Å². The molecular formula is C11H9ClN4O2. The summed E-state index contributed by atoms with van der Waals surface area (Å²) in [6.45, 7) is 1.62. The molecule has 0 atom stereocenters. The van der Waals surface area contributed by atoms with Crippen LogP contribution in [0.3, 0.4) is 0 Å². The van der Waals surface area contributed by atoms with Crippen LogP contribution in [0, 0.1) is 17.0 Å². The molecule has 0 amide bonds. The fourth-order valence-corrected chi connectivity index (χ4v) is 1.72. The molecule has 0 saturated heterocycles. The fraction of sp³-hybridized carbons (Fsp3) is 0.0909. The van der Waals surface area contributed by atoms with Crippen molar-refractivity contribution >= 4 is 28.8 Å². The van der Waals surface area contributed by atoms with Crippen LogP contribution in [0.2, 0.25) is 5.15 Å². The van der Waals surface area contributed by atoms with Crippen LogP contribution >= 0.6 is 11.6 Å². The molecular weight excluding hydrogens is 256 g/mol. The highest BCUT2D eigenvalue weighted by atomic mass is 35.5. The monoisotopic (exact) mass is 264 g/mol. The molecule has 6 nitrogen and oxygen atoms in total. The molecule has 0 saturated carbocycles. The zero-order valence-electron chi connectivity index (χ0n) is 9.42. The minimum atomic E-state index is -0.604. The number of rotatable bonds is 3. The van der Waals surface area contributed by atoms with E-state index in [2.05, 4.69) is 15.3 Å². The van der Waals surface area contributed by atoms with Crippen molar-refractivity contribution in [2.75, 3.05) is 5.32 Å². The highest BCUT2D eigenvalue weighted by Crippen LogP contribution is 2.31. The van der Waals surface area contributed by atoms with E-state index in [1.54, 1.807) is 19.1 Å². The smallest absolute Gasteiger partial charge is 0.334 e. The van der Waals surface area contributed by atoms with E-state index in [-0.39, 0.29) is 16.7 Å². The van der Waals surface area contributed by atoms with Crippen molar-refractivity contribution in [2.24, 2.45) is 0 Å². The molecule has 0 radical (unpaired) electrons. The lowest BCUT2D eigenvalue weighted by molar-refractivity contribution is -0.384. The molecule has 2 aromatic rings. The molecule has 1 aromatic carbocycles. The van der Waals surface area contributed by atoms with E-state index in [1.165, 1.54) is 0 Å². The lowest BCUT2D eigenvalue weighted by atomic mass is 10.3. The Bertz CT molecular complexity index is 589. The van der Waals surface area contributed by atoms with Gasteiger partial charge in [0.05, 0.1) is 4.92 Å². The van der Waals surface area contributed by atoms with Gasteiger partial charge in [-0.3, -0.25) is 10.1 Å². The van der Waals surface area contributed by atoms with Gasteiger partial charge in [-0.05, 0) is 19.1 Å². The largest absolute Gasteiger partial charge is 0.348 e. The number of nitrogens with one attached hydrogen (secondary N) is 1. The summed E-state index contributed by atoms with van der Waals surface area (Å²) in [7, 11) is 0. The van der Waals surface area contributed by atoms with E-state index in [1.807, 2.05) is 18.2 Å². The summed E-state index contributed by atoms with van der Waals surface area (Å²) in [5.41, 5.74) is 0.362. The van der Waals surface area contributed by atoms with Crippen molar-refractivity contribution in [3.8, 4) is 0 Å². The predicted octanol–water partition coefficient (Wildman–Crippen LogP) is 3.09. The Hall–Kier alpha value is -2.21. The molecule has 0 aliphatic rings. The molecule has 0 aliphatic heterocycles. The third-order valence-corrected chi connectivity index (χ3v) is 2.44. The van der Waals surface area contributed by atoms with Gasteiger partial charge in [0.1, 0.15) is 5.82 Å². The third-order valence-electron chi connectivity index (χ3n) is 2.17. The molecule has 1 aromatic heterocycles. The normalized spacial score (nSPS) is 10.1. The second-order valence-electron chi connectivity index (χ2n) is 3.51. The van der Waals surface area contributed by atoms with E-state index in [9.17, 15) is 10.1 Å². The maximum absolute atomic E-state index is 10.9. The summed E-state index contributed by atoms with van der Waals surface area (Å²) >= 11 is 5.76. The number of aromatic nitrogens is 2. The first kappa shape index (κ1) is 12.3. The first-order valence-electron chi connectivity index (χ1n) is 5.08. The van der Waals surface area contributed by atoms with Crippen molar-refractivity contribution in [3.63, 3.8) is 0 Å². The molecule has 1 N–H and O–H groups in total. The van der Waals surface area contributed by atoms with Crippen LogP contribution < -0.4 is 5.32 Å². The minimum Gasteiger partial charge on any atom is -0.334 e. The van der Waals surface area contributed by atoms with Gasteiger partial charge in [0.15, 0.2) is 0 Å². The number of hydrogen-bond acceptors (Lipinski definition) is 5. The van der Waals surface area contributed by atoms with E-state index in [0.29, 0.717) is 11.5 Å². The standard InChI is InChI=1S/C11H9ClN4O2/c1-7-13-10(12)9(16(17)18)11(14-7)15-8-5-3-2-4-6-8/h2-6H,1H3,(H,13,14,15). The van der Waals surface area contributed by atoms with Crippen LogP contribution in [0.15, 0.2) is 30.3 Å². The summed E-state index contributed by atoms with van der Waals surface area (Å²) < 4.78 is 0. The van der Waals surface area contributed by atoms with Crippen LogP contribution in [0.25, 0.3) is 0 Å². The number of anilines is 2. The van der Waals surface area contributed by atoms with Crippen LogP contribution in [0.1, 0.15) is 5.82 Å². The first-order valence-corrected chi connectivity index (χ1v) is 5.46. The molecule has 0 fully saturated rings. The Morgan fingerprint density at radius 1 is 1.28 bits per heavy atom. The Labute approximate surface area is 108 Å². The van der Waals surface area contributed by atoms with Gasteiger partial charge in [-0.2, -0.15) is 0 Å². The van der Waals surface area contributed by atoms with E-state index < -0.39 is 4.92 Å². The Balaban J connectivity index is 2.46. The molecule has 0 bridgehead atoms. The van der Waals surface area contributed by atoms with E-state index >= 15 is 0 Å². The molecule has 1 heterocycles. The van der Waals surface area contributed by atoms with Crippen molar-refractivity contribution in [3.05, 3.63) is 51.4 Å². The minimum absolute atomic E-state index is 0.0868. The number of halogens is 1. The summed E-state index contributed by atoms with van der Waals surface area (Å²) in [5, 5.41) is 13.6. The van der Waals surface area contributed by atoms with Gasteiger partial charge in [-0.1, -0.05) is 29.8 Å². The molecule has 0 unspecified atom stereocenters. The number of hydrogen-bond donors (Lipinski definition) is 1. The van der Waals surface area contributed by atoms with Crippen LogP contribution in [-0.2, 0) is 0 Å². The van der Waals surface area contributed by atoms with Crippen LogP contribution in [0.5, 0.6) is 0 Å². The highest BCUT2D eigenvalue weighted by molar-refractivity contribution is 6.31. The summed E-state index contributed by atoms with van der Waals surface area (Å²) in [4.78, 5) is 18.1. The molecule has 92 valence electrons. The van der Waals surface area contributed by atoms with Crippen molar-refractivity contribution in [1.82, 2.24) is 9.97 Å². The lowest BCUT2D eigenvalue weighted by Crippen LogP contribution is -2.03. The average molecular weight is 265 g/mol. The van der Waals surface area contributed by atoms with Gasteiger partial charge in [0, 0.05) is 5.69 Å². The average Bonchev–Trinajstić information content (AvgIpc) is 2.28. The maximum atomic E-state index is 10.9. The Kier molecular flexibility index (Phi) is 3.38. The topological polar surface area (TPSA) is 81.0 Å². The van der Waals surface area contributed by atoms with Gasteiger partial charge < -0.3 is 5.32 Å². The molecule has 0 spiro atoms. The molecule has 18 heavy (non-hydrogen) atoms. The third kappa shape index (κ3) is 2.54. The van der Waals surface area contributed by atoms with Gasteiger partial charge in [-0.15, -0.1) is 0 Å². The Morgan fingerprint density at radius 3 is 2.56 bits per heavy atom. The van der Waals surface area contributed by atoms with Crippen molar-refractivity contribution in [2.45, 2.75) is 6.92 Å². The van der Waals surface area contributed by atoms with Gasteiger partial charge >= 0.3 is 5.69 Å². The lowest BCUT2D eigenvalue weighted by Gasteiger charge is -2.07. The highest BCUT2D eigenvalue weighted by Gasteiger charge is 2.22. The fourth-order valence-electron chi connectivity index (χ4n) is 1.44. The zero-order valence-corrected chi connectivity index (χ0v) is 10.2. The van der Waals surface area contributed by atoms with Gasteiger partial charge in [0.25, 0.3) is 0 Å². The van der Waals surface area contributed by atoms with Crippen molar-refractivity contribution in [1.29, 1.82) is 0 Å². The maximum Gasteiger partial charge on any atom is 0.348 e. The van der Waals surface area contributed by atoms with E-state index in [0.717, 1.165) is 0 Å². The van der Waals surface area contributed by atoms with Gasteiger partial charge in [-0.25, -0.2) is 9.97 Å². The predicted molar refractivity (Wildman–Crippen MR) is 68.2 cm³/mol. The van der Waals surface area contributed by atoms with Crippen molar-refractivity contribution < 1.29 is 4.92 Å². The number of para-hydroxylation sites is 1. The SMILES string of the molecule is Cc1nc(Cl)c([N+](=O)[O-])c(Nc2ccccc2)n1. The zero-order chi connectivity index (χ0) is 13.1. The summed E-state index contributed by atoms with van der Waals surface area (Å²) in [6.07, 6.45) is 0. The first-order chi connectivity index (χ1) is 8.58. The van der Waals surface area contributed by atoms with Gasteiger partial charge in [0.2, 0.25) is 11.0 Å².